The molecule has 0 aliphatic heterocycles. The second-order valence-corrected chi connectivity index (χ2v) is 6.45. The Morgan fingerprint density at radius 1 is 0.969 bits per heavy atom. The van der Waals surface area contributed by atoms with E-state index in [0.717, 1.165) is 18.2 Å². The van der Waals surface area contributed by atoms with Crippen molar-refractivity contribution in [1.29, 1.82) is 0 Å². The van der Waals surface area contributed by atoms with Gasteiger partial charge >= 0.3 is 6.18 Å². The van der Waals surface area contributed by atoms with Crippen LogP contribution in [0.2, 0.25) is 0 Å². The summed E-state index contributed by atoms with van der Waals surface area (Å²) in [6.45, 7) is 0. The number of hydrogen-bond acceptors (Lipinski definition) is 5. The molecule has 0 atom stereocenters. The first kappa shape index (κ1) is 22.6. The molecule has 3 rings (SSSR count). The number of aromatic nitrogens is 1. The van der Waals surface area contributed by atoms with Crippen LogP contribution in [0, 0.1) is 0 Å². The molecule has 7 nitrogen and oxygen atoms in total. The van der Waals surface area contributed by atoms with E-state index >= 15 is 0 Å². The number of rotatable bonds is 6. The maximum atomic E-state index is 13.0. The number of methoxy groups -OCH3 is 1. The van der Waals surface area contributed by atoms with Crippen molar-refractivity contribution in [1.82, 2.24) is 10.3 Å². The Kier molecular flexibility index (Phi) is 6.62. The molecular formula is C22H18F3N3O4. The number of hydrogen-bond donors (Lipinski definition) is 2. The Bertz CT molecular complexity index is 1150. The van der Waals surface area contributed by atoms with Crippen molar-refractivity contribution < 1.29 is 32.2 Å². The maximum Gasteiger partial charge on any atom is 0.416 e. The van der Waals surface area contributed by atoms with Crippen molar-refractivity contribution in [3.05, 3.63) is 77.6 Å². The number of ether oxygens (including phenoxy) is 2. The second kappa shape index (κ2) is 9.38. The first-order valence-electron chi connectivity index (χ1n) is 9.24. The number of pyridine rings is 1. The predicted molar refractivity (Wildman–Crippen MR) is 110 cm³/mol. The normalized spacial score (nSPS) is 10.9. The van der Waals surface area contributed by atoms with Crippen LogP contribution in [-0.4, -0.2) is 31.0 Å². The second-order valence-electron chi connectivity index (χ2n) is 6.45. The molecule has 1 heterocycles. The number of nitrogens with one attached hydrogen (secondary N) is 2. The van der Waals surface area contributed by atoms with Crippen LogP contribution >= 0.6 is 0 Å². The molecule has 0 saturated carbocycles. The number of anilines is 1. The van der Waals surface area contributed by atoms with Crippen molar-refractivity contribution in [2.45, 2.75) is 6.18 Å². The minimum absolute atomic E-state index is 0.0808. The fourth-order valence-corrected chi connectivity index (χ4v) is 2.74. The molecule has 2 amide bonds. The van der Waals surface area contributed by atoms with Crippen LogP contribution in [0.4, 0.5) is 18.9 Å². The van der Waals surface area contributed by atoms with E-state index < -0.39 is 23.6 Å². The van der Waals surface area contributed by atoms with Crippen LogP contribution in [0.15, 0.2) is 60.8 Å². The van der Waals surface area contributed by atoms with Crippen molar-refractivity contribution in [2.75, 3.05) is 19.5 Å². The van der Waals surface area contributed by atoms with Gasteiger partial charge in [-0.1, -0.05) is 6.07 Å². The summed E-state index contributed by atoms with van der Waals surface area (Å²) in [5.74, 6) is -0.372. The largest absolute Gasteiger partial charge is 0.495 e. The van der Waals surface area contributed by atoms with Crippen LogP contribution in [0.25, 0.3) is 0 Å². The zero-order valence-electron chi connectivity index (χ0n) is 17.0. The number of nitrogens with zero attached hydrogens (tertiary/aromatic N) is 1. The lowest BCUT2D eigenvalue weighted by atomic mass is 10.1. The first-order chi connectivity index (χ1) is 15.2. The Labute approximate surface area is 181 Å². The first-order valence-corrected chi connectivity index (χ1v) is 9.24. The number of amides is 2. The number of benzene rings is 2. The summed E-state index contributed by atoms with van der Waals surface area (Å²) < 4.78 is 49.8. The van der Waals surface area contributed by atoms with Gasteiger partial charge < -0.3 is 20.1 Å². The molecule has 0 bridgehead atoms. The minimum Gasteiger partial charge on any atom is -0.495 e. The van der Waals surface area contributed by atoms with E-state index in [4.69, 9.17) is 9.47 Å². The molecular weight excluding hydrogens is 427 g/mol. The summed E-state index contributed by atoms with van der Waals surface area (Å²) >= 11 is 0. The van der Waals surface area contributed by atoms with Crippen LogP contribution in [-0.2, 0) is 6.18 Å². The zero-order valence-corrected chi connectivity index (χ0v) is 17.0. The van der Waals surface area contributed by atoms with Gasteiger partial charge in [-0.3, -0.25) is 14.6 Å². The van der Waals surface area contributed by atoms with Gasteiger partial charge in [0, 0.05) is 24.9 Å². The van der Waals surface area contributed by atoms with Crippen molar-refractivity contribution in [3.63, 3.8) is 0 Å². The van der Waals surface area contributed by atoms with E-state index in [-0.39, 0.29) is 28.4 Å². The van der Waals surface area contributed by atoms with Gasteiger partial charge in [-0.15, -0.1) is 0 Å². The van der Waals surface area contributed by atoms with Gasteiger partial charge in [0.15, 0.2) is 0 Å². The van der Waals surface area contributed by atoms with E-state index in [0.29, 0.717) is 5.75 Å². The van der Waals surface area contributed by atoms with Crippen molar-refractivity contribution in [3.8, 4) is 17.2 Å². The Morgan fingerprint density at radius 3 is 2.41 bits per heavy atom. The Hall–Kier alpha value is -4.08. The van der Waals surface area contributed by atoms with Crippen molar-refractivity contribution >= 4 is 17.5 Å². The summed E-state index contributed by atoms with van der Waals surface area (Å²) in [4.78, 5) is 28.3. The topological polar surface area (TPSA) is 89.5 Å². The minimum atomic E-state index is -4.57. The SMILES string of the molecule is CNC(=O)c1cc(Oc2cccc(C(=O)Nc3cc(C(F)(F)F)ccc3OC)c2)ccn1. The molecule has 10 heteroatoms. The highest BCUT2D eigenvalue weighted by Gasteiger charge is 2.31. The lowest BCUT2D eigenvalue weighted by Crippen LogP contribution is -2.18. The highest BCUT2D eigenvalue weighted by atomic mass is 19.4. The average Bonchev–Trinajstić information content (AvgIpc) is 2.78. The van der Waals surface area contributed by atoms with Gasteiger partial charge in [-0.25, -0.2) is 0 Å². The average molecular weight is 445 g/mol. The monoisotopic (exact) mass is 445 g/mol. The fourth-order valence-electron chi connectivity index (χ4n) is 2.74. The summed E-state index contributed by atoms with van der Waals surface area (Å²) in [6.07, 6.45) is -3.17. The summed E-state index contributed by atoms with van der Waals surface area (Å²) in [5, 5.41) is 4.88. The van der Waals surface area contributed by atoms with Crippen LogP contribution in [0.3, 0.4) is 0 Å². The number of carbonyl (C=O) groups excluding carboxylic acids is 2. The van der Waals surface area contributed by atoms with Crippen molar-refractivity contribution in [2.24, 2.45) is 0 Å². The van der Waals surface area contributed by atoms with Gasteiger partial charge in [0.25, 0.3) is 11.8 Å². The standard InChI is InChI=1S/C22H18F3N3O4/c1-26-21(30)18-12-16(8-9-27-18)32-15-5-3-4-13(10-15)20(29)28-17-11-14(22(23,24)25)6-7-19(17)31-2/h3-12H,1-2H3,(H,26,30)(H,28,29). The number of alkyl halides is 3. The molecule has 0 radical (unpaired) electrons. The van der Waals surface area contributed by atoms with Crippen LogP contribution < -0.4 is 20.1 Å². The third kappa shape index (κ3) is 5.34. The van der Waals surface area contributed by atoms with Gasteiger partial charge in [0.2, 0.25) is 0 Å². The third-order valence-electron chi connectivity index (χ3n) is 4.30. The molecule has 0 aliphatic rings. The molecule has 0 saturated heterocycles. The van der Waals surface area contributed by atoms with E-state index in [9.17, 15) is 22.8 Å². The summed E-state index contributed by atoms with van der Waals surface area (Å²) in [7, 11) is 2.76. The van der Waals surface area contributed by atoms with E-state index in [1.807, 2.05) is 0 Å². The van der Waals surface area contributed by atoms with Crippen LogP contribution in [0.1, 0.15) is 26.4 Å². The van der Waals surface area contributed by atoms with Gasteiger partial charge in [-0.05, 0) is 42.5 Å². The highest BCUT2D eigenvalue weighted by molar-refractivity contribution is 6.05. The highest BCUT2D eigenvalue weighted by Crippen LogP contribution is 2.35. The van der Waals surface area contributed by atoms with Gasteiger partial charge in [0.1, 0.15) is 22.9 Å². The van der Waals surface area contributed by atoms with Gasteiger partial charge in [0.05, 0.1) is 18.4 Å². The smallest absolute Gasteiger partial charge is 0.416 e. The maximum absolute atomic E-state index is 13.0. The number of halogens is 3. The fraction of sp³-hybridized carbons (Fsp3) is 0.136. The van der Waals surface area contributed by atoms with E-state index in [1.165, 1.54) is 44.6 Å². The predicted octanol–water partition coefficient (Wildman–Crippen LogP) is 4.51. The lowest BCUT2D eigenvalue weighted by molar-refractivity contribution is -0.137. The molecule has 2 N–H and O–H groups in total. The third-order valence-corrected chi connectivity index (χ3v) is 4.30. The summed E-state index contributed by atoms with van der Waals surface area (Å²) in [5.41, 5.74) is -0.753. The molecule has 0 fully saturated rings. The summed E-state index contributed by atoms with van der Waals surface area (Å²) in [6, 6.07) is 11.8. The quantitative estimate of drug-likeness (QED) is 0.583. The zero-order chi connectivity index (χ0) is 23.3. The molecule has 166 valence electrons. The Balaban J connectivity index is 1.81. The molecule has 2 aromatic carbocycles. The van der Waals surface area contributed by atoms with E-state index in [2.05, 4.69) is 15.6 Å². The number of carbonyl (C=O) groups is 2. The molecule has 0 aliphatic carbocycles. The van der Waals surface area contributed by atoms with Crippen LogP contribution in [0.5, 0.6) is 17.2 Å². The molecule has 32 heavy (non-hydrogen) atoms. The lowest BCUT2D eigenvalue weighted by Gasteiger charge is -2.14. The Morgan fingerprint density at radius 2 is 1.72 bits per heavy atom. The molecule has 1 aromatic heterocycles. The van der Waals surface area contributed by atoms with Gasteiger partial charge in [-0.2, -0.15) is 13.2 Å². The molecule has 0 spiro atoms. The molecule has 3 aromatic rings. The molecule has 0 unspecified atom stereocenters. The van der Waals surface area contributed by atoms with E-state index in [1.54, 1.807) is 12.1 Å².